The highest BCUT2D eigenvalue weighted by atomic mass is 35.5. The molecule has 0 aliphatic heterocycles. The number of hydrogen-bond acceptors (Lipinski definition) is 4. The molecule has 0 atom stereocenters. The van der Waals surface area contributed by atoms with E-state index in [0.29, 0.717) is 11.3 Å². The molecular weight excluding hydrogens is 257 g/mol. The van der Waals surface area contributed by atoms with Gasteiger partial charge < -0.3 is 4.74 Å². The van der Waals surface area contributed by atoms with E-state index in [0.717, 1.165) is 6.20 Å². The third kappa shape index (κ3) is 2.92. The van der Waals surface area contributed by atoms with Gasteiger partial charge in [-0.3, -0.25) is 4.98 Å². The molecule has 2 aromatic rings. The van der Waals surface area contributed by atoms with Gasteiger partial charge in [0.1, 0.15) is 11.4 Å². The van der Waals surface area contributed by atoms with Crippen molar-refractivity contribution in [2.45, 2.75) is 20.0 Å². The summed E-state index contributed by atoms with van der Waals surface area (Å²) in [5.74, 6) is -0.000434. The van der Waals surface area contributed by atoms with Gasteiger partial charge in [0.2, 0.25) is 5.28 Å². The van der Waals surface area contributed by atoms with Crippen molar-refractivity contribution in [3.63, 3.8) is 0 Å². The Bertz CT molecular complexity index is 563. The Labute approximate surface area is 109 Å². The number of pyridine rings is 1. The molecule has 0 spiro atoms. The molecule has 18 heavy (non-hydrogen) atoms. The SMILES string of the molecule is CC(C)Oc1cncc(-c2nc(Cl)ncc2F)c1. The molecule has 0 aliphatic rings. The average molecular weight is 268 g/mol. The van der Waals surface area contributed by atoms with Crippen LogP contribution in [0.25, 0.3) is 11.3 Å². The summed E-state index contributed by atoms with van der Waals surface area (Å²) < 4.78 is 19.1. The zero-order valence-corrected chi connectivity index (χ0v) is 10.6. The summed E-state index contributed by atoms with van der Waals surface area (Å²) in [7, 11) is 0. The van der Waals surface area contributed by atoms with Crippen LogP contribution in [-0.2, 0) is 0 Å². The smallest absolute Gasteiger partial charge is 0.223 e. The van der Waals surface area contributed by atoms with Crippen LogP contribution in [0, 0.1) is 5.82 Å². The van der Waals surface area contributed by atoms with E-state index in [4.69, 9.17) is 16.3 Å². The number of ether oxygens (including phenoxy) is 1. The minimum atomic E-state index is -0.553. The van der Waals surface area contributed by atoms with E-state index in [-0.39, 0.29) is 17.1 Å². The number of rotatable bonds is 3. The summed E-state index contributed by atoms with van der Waals surface area (Å²) in [6.45, 7) is 3.80. The van der Waals surface area contributed by atoms with Crippen LogP contribution >= 0.6 is 11.6 Å². The highest BCUT2D eigenvalue weighted by Crippen LogP contribution is 2.24. The molecule has 2 aromatic heterocycles. The first-order valence-corrected chi connectivity index (χ1v) is 5.74. The van der Waals surface area contributed by atoms with Gasteiger partial charge in [0, 0.05) is 11.8 Å². The third-order valence-corrected chi connectivity index (χ3v) is 2.26. The molecule has 0 N–H and O–H groups in total. The van der Waals surface area contributed by atoms with Crippen LogP contribution in [0.4, 0.5) is 4.39 Å². The molecule has 2 heterocycles. The number of halogens is 2. The quantitative estimate of drug-likeness (QED) is 0.802. The van der Waals surface area contributed by atoms with Crippen LogP contribution in [0.3, 0.4) is 0 Å². The van der Waals surface area contributed by atoms with Gasteiger partial charge in [-0.15, -0.1) is 0 Å². The summed E-state index contributed by atoms with van der Waals surface area (Å²) in [6, 6.07) is 1.66. The number of hydrogen-bond donors (Lipinski definition) is 0. The topological polar surface area (TPSA) is 47.9 Å². The zero-order chi connectivity index (χ0) is 13.1. The highest BCUT2D eigenvalue weighted by molar-refractivity contribution is 6.28. The molecular formula is C12H11ClFN3O. The maximum Gasteiger partial charge on any atom is 0.223 e. The van der Waals surface area contributed by atoms with Crippen LogP contribution in [0.15, 0.2) is 24.7 Å². The Morgan fingerprint density at radius 2 is 2.06 bits per heavy atom. The Kier molecular flexibility index (Phi) is 3.72. The van der Waals surface area contributed by atoms with Crippen LogP contribution in [0.1, 0.15) is 13.8 Å². The second-order valence-corrected chi connectivity index (χ2v) is 4.25. The molecule has 0 saturated carbocycles. The summed E-state index contributed by atoms with van der Waals surface area (Å²) >= 11 is 5.65. The van der Waals surface area contributed by atoms with Crippen LogP contribution in [-0.4, -0.2) is 21.1 Å². The average Bonchev–Trinajstić information content (AvgIpc) is 2.32. The third-order valence-electron chi connectivity index (χ3n) is 2.07. The van der Waals surface area contributed by atoms with Crippen molar-refractivity contribution in [1.82, 2.24) is 15.0 Å². The lowest BCUT2D eigenvalue weighted by atomic mass is 10.2. The minimum Gasteiger partial charge on any atom is -0.489 e. The van der Waals surface area contributed by atoms with E-state index in [1.54, 1.807) is 12.3 Å². The van der Waals surface area contributed by atoms with Crippen LogP contribution < -0.4 is 4.74 Å². The van der Waals surface area contributed by atoms with E-state index in [1.807, 2.05) is 13.8 Å². The van der Waals surface area contributed by atoms with Crippen LogP contribution in [0.2, 0.25) is 5.28 Å². The first-order valence-electron chi connectivity index (χ1n) is 5.36. The van der Waals surface area contributed by atoms with Gasteiger partial charge in [0.25, 0.3) is 0 Å². The predicted octanol–water partition coefficient (Wildman–Crippen LogP) is 3.12. The standard InChI is InChI=1S/C12H11ClFN3O/c1-7(2)18-9-3-8(4-15-5-9)11-10(14)6-16-12(13)17-11/h3-7H,1-2H3. The molecule has 6 heteroatoms. The first kappa shape index (κ1) is 12.7. The van der Waals surface area contributed by atoms with Gasteiger partial charge in [-0.2, -0.15) is 0 Å². The van der Waals surface area contributed by atoms with Crippen molar-refractivity contribution in [1.29, 1.82) is 0 Å². The summed E-state index contributed by atoms with van der Waals surface area (Å²) in [5, 5.41) is -0.0124. The maximum atomic E-state index is 13.6. The first-order chi connectivity index (χ1) is 8.56. The molecule has 0 saturated heterocycles. The van der Waals surface area contributed by atoms with Crippen molar-refractivity contribution in [2.75, 3.05) is 0 Å². The molecule has 2 rings (SSSR count). The normalized spacial score (nSPS) is 10.7. The van der Waals surface area contributed by atoms with Crippen molar-refractivity contribution in [3.05, 3.63) is 35.8 Å². The lowest BCUT2D eigenvalue weighted by molar-refractivity contribution is 0.241. The fourth-order valence-corrected chi connectivity index (χ4v) is 1.57. The van der Waals surface area contributed by atoms with Gasteiger partial charge in [-0.25, -0.2) is 14.4 Å². The van der Waals surface area contributed by atoms with E-state index in [1.165, 1.54) is 6.20 Å². The zero-order valence-electron chi connectivity index (χ0n) is 9.89. The van der Waals surface area contributed by atoms with E-state index < -0.39 is 5.82 Å². The van der Waals surface area contributed by atoms with Crippen molar-refractivity contribution >= 4 is 11.6 Å². The summed E-state index contributed by atoms with van der Waals surface area (Å²) in [6.07, 6.45) is 4.10. The largest absolute Gasteiger partial charge is 0.489 e. The van der Waals surface area contributed by atoms with Crippen molar-refractivity contribution in [3.8, 4) is 17.0 Å². The lowest BCUT2D eigenvalue weighted by Gasteiger charge is -2.10. The number of nitrogens with zero attached hydrogens (tertiary/aromatic N) is 3. The Balaban J connectivity index is 2.41. The molecule has 0 amide bonds. The van der Waals surface area contributed by atoms with E-state index in [2.05, 4.69) is 15.0 Å². The van der Waals surface area contributed by atoms with Crippen molar-refractivity contribution in [2.24, 2.45) is 0 Å². The van der Waals surface area contributed by atoms with Gasteiger partial charge in [-0.1, -0.05) is 0 Å². The predicted molar refractivity (Wildman–Crippen MR) is 66.0 cm³/mol. The van der Waals surface area contributed by atoms with Gasteiger partial charge >= 0.3 is 0 Å². The second-order valence-electron chi connectivity index (χ2n) is 3.91. The Hall–Kier alpha value is -1.75. The van der Waals surface area contributed by atoms with E-state index >= 15 is 0 Å². The van der Waals surface area contributed by atoms with Gasteiger partial charge in [0.05, 0.1) is 18.5 Å². The minimum absolute atomic E-state index is 0.0124. The summed E-state index contributed by atoms with van der Waals surface area (Å²) in [5.41, 5.74) is 0.603. The van der Waals surface area contributed by atoms with Crippen LogP contribution in [0.5, 0.6) is 5.75 Å². The molecule has 0 bridgehead atoms. The molecule has 0 fully saturated rings. The highest BCUT2D eigenvalue weighted by Gasteiger charge is 2.10. The molecule has 0 unspecified atom stereocenters. The Morgan fingerprint density at radius 3 is 2.78 bits per heavy atom. The molecule has 0 aromatic carbocycles. The number of aromatic nitrogens is 3. The molecule has 94 valence electrons. The lowest BCUT2D eigenvalue weighted by Crippen LogP contribution is -2.06. The fraction of sp³-hybridized carbons (Fsp3) is 0.250. The molecule has 0 radical (unpaired) electrons. The maximum absolute atomic E-state index is 13.6. The van der Waals surface area contributed by atoms with E-state index in [9.17, 15) is 4.39 Å². The Morgan fingerprint density at radius 1 is 1.28 bits per heavy atom. The van der Waals surface area contributed by atoms with Crippen molar-refractivity contribution < 1.29 is 9.13 Å². The molecule has 0 aliphatic carbocycles. The second kappa shape index (κ2) is 5.27. The van der Waals surface area contributed by atoms with Gasteiger partial charge in [0.15, 0.2) is 5.82 Å². The molecule has 4 nitrogen and oxygen atoms in total. The van der Waals surface area contributed by atoms with Gasteiger partial charge in [-0.05, 0) is 31.5 Å². The monoisotopic (exact) mass is 267 g/mol. The summed E-state index contributed by atoms with van der Waals surface area (Å²) in [4.78, 5) is 11.4. The fourth-order valence-electron chi connectivity index (χ4n) is 1.43.